The maximum atomic E-state index is 9.22. The second kappa shape index (κ2) is 4.76. The maximum absolute atomic E-state index is 9.22. The van der Waals surface area contributed by atoms with Crippen molar-refractivity contribution in [3.63, 3.8) is 0 Å². The molecule has 17 heavy (non-hydrogen) atoms. The average Bonchev–Trinajstić information content (AvgIpc) is 2.33. The van der Waals surface area contributed by atoms with Gasteiger partial charge in [-0.2, -0.15) is 0 Å². The van der Waals surface area contributed by atoms with Crippen LogP contribution in [0.25, 0.3) is 0 Å². The molecule has 0 heterocycles. The Morgan fingerprint density at radius 1 is 0.882 bits per heavy atom. The molecule has 0 atom stereocenters. The van der Waals surface area contributed by atoms with Crippen LogP contribution in [0.3, 0.4) is 0 Å². The van der Waals surface area contributed by atoms with E-state index in [9.17, 15) is 5.21 Å². The summed E-state index contributed by atoms with van der Waals surface area (Å²) in [4.78, 5) is 0. The van der Waals surface area contributed by atoms with Crippen molar-refractivity contribution in [1.82, 2.24) is 0 Å². The monoisotopic (exact) mass is 230 g/mol. The molecule has 0 radical (unpaired) electrons. The molecule has 2 aromatic carbocycles. The predicted octanol–water partition coefficient (Wildman–Crippen LogP) is 2.96. The van der Waals surface area contributed by atoms with Crippen LogP contribution in [0.2, 0.25) is 0 Å². The van der Waals surface area contributed by atoms with Gasteiger partial charge in [0.1, 0.15) is 5.75 Å². The molecule has 0 aliphatic rings. The van der Waals surface area contributed by atoms with Gasteiger partial charge in [-0.05, 0) is 48.5 Å². The molecule has 4 nitrogen and oxygen atoms in total. The molecule has 2 rings (SSSR count). The molecular formula is C13H14N2O2. The first-order valence-corrected chi connectivity index (χ1v) is 5.24. The zero-order chi connectivity index (χ0) is 12.3. The number of nitrogens with one attached hydrogen (secondary N) is 1. The van der Waals surface area contributed by atoms with Crippen LogP contribution >= 0.6 is 0 Å². The summed E-state index contributed by atoms with van der Waals surface area (Å²) in [5, 5.41) is 22.6. The van der Waals surface area contributed by atoms with Crippen LogP contribution < -0.4 is 10.4 Å². The molecule has 0 spiro atoms. The third-order valence-corrected chi connectivity index (χ3v) is 2.40. The third kappa shape index (κ3) is 2.89. The van der Waals surface area contributed by atoms with E-state index < -0.39 is 0 Å². The summed E-state index contributed by atoms with van der Waals surface area (Å²) in [6, 6.07) is 14.2. The Bertz CT molecular complexity index is 478. The van der Waals surface area contributed by atoms with Crippen molar-refractivity contribution >= 4 is 17.1 Å². The van der Waals surface area contributed by atoms with Gasteiger partial charge in [0.15, 0.2) is 0 Å². The lowest BCUT2D eigenvalue weighted by Gasteiger charge is -2.11. The van der Waals surface area contributed by atoms with Crippen molar-refractivity contribution in [1.29, 1.82) is 0 Å². The SMILES string of the molecule is CN(O)c1ccc(Nc2ccc(O)cc2)cc1. The fraction of sp³-hybridized carbons (Fsp3) is 0.0769. The first kappa shape index (κ1) is 11.3. The van der Waals surface area contributed by atoms with E-state index in [0.717, 1.165) is 22.1 Å². The lowest BCUT2D eigenvalue weighted by Crippen LogP contribution is -2.09. The average molecular weight is 230 g/mol. The van der Waals surface area contributed by atoms with Gasteiger partial charge >= 0.3 is 0 Å². The number of hydrogen-bond acceptors (Lipinski definition) is 4. The molecule has 0 saturated carbocycles. The van der Waals surface area contributed by atoms with Crippen LogP contribution in [-0.2, 0) is 0 Å². The summed E-state index contributed by atoms with van der Waals surface area (Å²) >= 11 is 0. The van der Waals surface area contributed by atoms with Crippen LogP contribution in [0.5, 0.6) is 5.75 Å². The van der Waals surface area contributed by atoms with Gasteiger partial charge in [0.2, 0.25) is 0 Å². The summed E-state index contributed by atoms with van der Waals surface area (Å²) in [5.41, 5.74) is 2.54. The van der Waals surface area contributed by atoms with Gasteiger partial charge in [0.05, 0.1) is 5.69 Å². The van der Waals surface area contributed by atoms with E-state index in [-0.39, 0.29) is 5.75 Å². The number of phenols is 1. The molecular weight excluding hydrogens is 216 g/mol. The second-order valence-electron chi connectivity index (χ2n) is 3.74. The molecule has 0 aliphatic heterocycles. The minimum Gasteiger partial charge on any atom is -0.508 e. The van der Waals surface area contributed by atoms with E-state index in [1.54, 1.807) is 31.3 Å². The highest BCUT2D eigenvalue weighted by Crippen LogP contribution is 2.21. The molecule has 0 amide bonds. The number of nitrogens with zero attached hydrogens (tertiary/aromatic N) is 1. The number of aromatic hydroxyl groups is 1. The van der Waals surface area contributed by atoms with E-state index >= 15 is 0 Å². The summed E-state index contributed by atoms with van der Waals surface area (Å²) in [5.74, 6) is 0.243. The van der Waals surface area contributed by atoms with Crippen LogP contribution in [-0.4, -0.2) is 17.4 Å². The number of benzene rings is 2. The zero-order valence-electron chi connectivity index (χ0n) is 9.46. The zero-order valence-corrected chi connectivity index (χ0v) is 9.46. The molecule has 0 unspecified atom stereocenters. The normalized spacial score (nSPS) is 10.0. The molecule has 0 bridgehead atoms. The molecule has 0 fully saturated rings. The van der Waals surface area contributed by atoms with Crippen molar-refractivity contribution in [2.24, 2.45) is 0 Å². The number of phenolic OH excluding ortho intramolecular Hbond substituents is 1. The highest BCUT2D eigenvalue weighted by atomic mass is 16.5. The van der Waals surface area contributed by atoms with Crippen molar-refractivity contribution < 1.29 is 10.3 Å². The Morgan fingerprint density at radius 2 is 1.35 bits per heavy atom. The summed E-state index contributed by atoms with van der Waals surface area (Å²) in [6.45, 7) is 0. The van der Waals surface area contributed by atoms with E-state index in [1.807, 2.05) is 24.3 Å². The van der Waals surface area contributed by atoms with Gasteiger partial charge in [0.25, 0.3) is 0 Å². The first-order chi connectivity index (χ1) is 8.15. The Balaban J connectivity index is 2.11. The first-order valence-electron chi connectivity index (χ1n) is 5.24. The van der Waals surface area contributed by atoms with Crippen molar-refractivity contribution in [2.45, 2.75) is 0 Å². The Morgan fingerprint density at radius 3 is 1.82 bits per heavy atom. The number of anilines is 3. The number of rotatable bonds is 3. The van der Waals surface area contributed by atoms with Crippen LogP contribution in [0, 0.1) is 0 Å². The van der Waals surface area contributed by atoms with Gasteiger partial charge in [-0.1, -0.05) is 0 Å². The minimum absolute atomic E-state index is 0.243. The molecule has 3 N–H and O–H groups in total. The Kier molecular flexibility index (Phi) is 3.16. The number of hydrogen-bond donors (Lipinski definition) is 3. The smallest absolute Gasteiger partial charge is 0.115 e. The van der Waals surface area contributed by atoms with Gasteiger partial charge in [-0.3, -0.25) is 10.3 Å². The molecule has 0 saturated heterocycles. The second-order valence-corrected chi connectivity index (χ2v) is 3.74. The lowest BCUT2D eigenvalue weighted by molar-refractivity contribution is 0.279. The number of hydroxylamine groups is 1. The fourth-order valence-corrected chi connectivity index (χ4v) is 1.47. The molecule has 88 valence electrons. The van der Waals surface area contributed by atoms with Crippen LogP contribution in [0.15, 0.2) is 48.5 Å². The van der Waals surface area contributed by atoms with Crippen molar-refractivity contribution in [3.05, 3.63) is 48.5 Å². The van der Waals surface area contributed by atoms with Gasteiger partial charge < -0.3 is 10.4 Å². The molecule has 4 heteroatoms. The standard InChI is InChI=1S/C13H14N2O2/c1-15(17)12-6-2-10(3-7-12)14-11-4-8-13(16)9-5-11/h2-9,14,16-17H,1H3. The fourth-order valence-electron chi connectivity index (χ4n) is 1.47. The molecule has 0 aliphatic carbocycles. The highest BCUT2D eigenvalue weighted by molar-refractivity contribution is 5.62. The Hall–Kier alpha value is -2.20. The van der Waals surface area contributed by atoms with Gasteiger partial charge in [0, 0.05) is 18.4 Å². The summed E-state index contributed by atoms with van der Waals surface area (Å²) < 4.78 is 0. The van der Waals surface area contributed by atoms with Gasteiger partial charge in [-0.15, -0.1) is 0 Å². The topological polar surface area (TPSA) is 55.7 Å². The largest absolute Gasteiger partial charge is 0.508 e. The minimum atomic E-state index is 0.243. The van der Waals surface area contributed by atoms with Crippen molar-refractivity contribution in [3.8, 4) is 5.75 Å². The van der Waals surface area contributed by atoms with E-state index in [1.165, 1.54) is 0 Å². The summed E-state index contributed by atoms with van der Waals surface area (Å²) in [6.07, 6.45) is 0. The Labute approximate surface area is 99.7 Å². The van der Waals surface area contributed by atoms with E-state index in [2.05, 4.69) is 5.32 Å². The highest BCUT2D eigenvalue weighted by Gasteiger charge is 1.98. The van der Waals surface area contributed by atoms with Crippen molar-refractivity contribution in [2.75, 3.05) is 17.4 Å². The van der Waals surface area contributed by atoms with E-state index in [0.29, 0.717) is 0 Å². The summed E-state index contributed by atoms with van der Waals surface area (Å²) in [7, 11) is 1.57. The lowest BCUT2D eigenvalue weighted by atomic mass is 10.2. The van der Waals surface area contributed by atoms with E-state index in [4.69, 9.17) is 5.11 Å². The molecule has 2 aromatic rings. The quantitative estimate of drug-likeness (QED) is 0.560. The van der Waals surface area contributed by atoms with Crippen LogP contribution in [0.1, 0.15) is 0 Å². The van der Waals surface area contributed by atoms with Gasteiger partial charge in [-0.25, -0.2) is 0 Å². The third-order valence-electron chi connectivity index (χ3n) is 2.40. The van der Waals surface area contributed by atoms with Crippen LogP contribution in [0.4, 0.5) is 17.1 Å². The predicted molar refractivity (Wildman–Crippen MR) is 68.0 cm³/mol. The molecule has 0 aromatic heterocycles. The maximum Gasteiger partial charge on any atom is 0.115 e.